The lowest BCUT2D eigenvalue weighted by atomic mass is 10.1. The van der Waals surface area contributed by atoms with Crippen LogP contribution in [-0.4, -0.2) is 59.7 Å². The van der Waals surface area contributed by atoms with Gasteiger partial charge in [0.2, 0.25) is 0 Å². The molecule has 0 atom stereocenters. The molecule has 150 valence electrons. The molecule has 8 nitrogen and oxygen atoms in total. The van der Waals surface area contributed by atoms with Crippen LogP contribution >= 0.6 is 0 Å². The lowest BCUT2D eigenvalue weighted by Crippen LogP contribution is -2.40. The standard InChI is InChI=1S/C19H22N2O6S/c1-25-17-8-7-14(13-15(17)19(22)21-9-11-27-12-10-21)28(23,24)20-16-5-3-4-6-18(16)26-2/h3-8,13,20H,9-12H2,1-2H3. The van der Waals surface area contributed by atoms with Gasteiger partial charge in [-0.05, 0) is 30.3 Å². The molecule has 1 aliphatic heterocycles. The molecule has 0 saturated carbocycles. The van der Waals surface area contributed by atoms with Gasteiger partial charge >= 0.3 is 0 Å². The maximum atomic E-state index is 12.9. The highest BCUT2D eigenvalue weighted by atomic mass is 32.2. The van der Waals surface area contributed by atoms with E-state index >= 15 is 0 Å². The van der Waals surface area contributed by atoms with Gasteiger partial charge in [0.15, 0.2) is 0 Å². The fourth-order valence-electron chi connectivity index (χ4n) is 2.89. The highest BCUT2D eigenvalue weighted by molar-refractivity contribution is 7.92. The van der Waals surface area contributed by atoms with E-state index in [1.807, 2.05) is 0 Å². The van der Waals surface area contributed by atoms with E-state index in [1.54, 1.807) is 29.2 Å². The summed E-state index contributed by atoms with van der Waals surface area (Å²) in [5.74, 6) is 0.409. The van der Waals surface area contributed by atoms with E-state index in [2.05, 4.69) is 4.72 Å². The van der Waals surface area contributed by atoms with Crippen molar-refractivity contribution in [3.8, 4) is 11.5 Å². The highest BCUT2D eigenvalue weighted by Crippen LogP contribution is 2.29. The fourth-order valence-corrected chi connectivity index (χ4v) is 3.99. The van der Waals surface area contributed by atoms with Crippen molar-refractivity contribution in [1.82, 2.24) is 4.90 Å². The molecular weight excluding hydrogens is 384 g/mol. The summed E-state index contributed by atoms with van der Waals surface area (Å²) in [5.41, 5.74) is 0.495. The third-order valence-electron chi connectivity index (χ3n) is 4.36. The third kappa shape index (κ3) is 4.20. The minimum Gasteiger partial charge on any atom is -0.496 e. The first-order valence-electron chi connectivity index (χ1n) is 8.67. The van der Waals surface area contributed by atoms with Crippen LogP contribution in [0.2, 0.25) is 0 Å². The molecule has 1 N–H and O–H groups in total. The summed E-state index contributed by atoms with van der Waals surface area (Å²) < 4.78 is 44.0. The van der Waals surface area contributed by atoms with Crippen LogP contribution in [0.4, 0.5) is 5.69 Å². The van der Waals surface area contributed by atoms with E-state index < -0.39 is 10.0 Å². The minimum atomic E-state index is -3.94. The number of morpholine rings is 1. The number of hydrogen-bond donors (Lipinski definition) is 1. The lowest BCUT2D eigenvalue weighted by molar-refractivity contribution is 0.0300. The number of carbonyl (C=O) groups is 1. The van der Waals surface area contributed by atoms with Crippen LogP contribution in [0.3, 0.4) is 0 Å². The molecule has 28 heavy (non-hydrogen) atoms. The monoisotopic (exact) mass is 406 g/mol. The molecule has 1 aliphatic rings. The molecule has 0 unspecified atom stereocenters. The predicted octanol–water partition coefficient (Wildman–Crippen LogP) is 1.98. The zero-order chi connectivity index (χ0) is 20.1. The Hall–Kier alpha value is -2.78. The van der Waals surface area contributed by atoms with Gasteiger partial charge in [-0.1, -0.05) is 12.1 Å². The van der Waals surface area contributed by atoms with Crippen LogP contribution < -0.4 is 14.2 Å². The van der Waals surface area contributed by atoms with Crippen molar-refractivity contribution in [2.75, 3.05) is 45.2 Å². The van der Waals surface area contributed by atoms with Crippen molar-refractivity contribution >= 4 is 21.6 Å². The van der Waals surface area contributed by atoms with Gasteiger partial charge in [-0.2, -0.15) is 0 Å². The molecule has 0 bridgehead atoms. The summed E-state index contributed by atoms with van der Waals surface area (Å²) in [6, 6.07) is 10.9. The molecule has 3 rings (SSSR count). The zero-order valence-corrected chi connectivity index (χ0v) is 16.5. The topological polar surface area (TPSA) is 94.2 Å². The first-order valence-corrected chi connectivity index (χ1v) is 10.2. The molecule has 1 heterocycles. The number of anilines is 1. The van der Waals surface area contributed by atoms with Gasteiger partial charge in [-0.3, -0.25) is 9.52 Å². The smallest absolute Gasteiger partial charge is 0.262 e. The van der Waals surface area contributed by atoms with Gasteiger partial charge in [0.25, 0.3) is 15.9 Å². The Morgan fingerprint density at radius 2 is 1.71 bits per heavy atom. The zero-order valence-electron chi connectivity index (χ0n) is 15.7. The highest BCUT2D eigenvalue weighted by Gasteiger charge is 2.25. The summed E-state index contributed by atoms with van der Waals surface area (Å²) in [6.45, 7) is 1.78. The van der Waals surface area contributed by atoms with Crippen LogP contribution in [0.25, 0.3) is 0 Å². The Kier molecular flexibility index (Phi) is 6.05. The van der Waals surface area contributed by atoms with Gasteiger partial charge in [-0.25, -0.2) is 8.42 Å². The maximum Gasteiger partial charge on any atom is 0.262 e. The Balaban J connectivity index is 1.94. The van der Waals surface area contributed by atoms with Crippen LogP contribution in [0.1, 0.15) is 10.4 Å². The average molecular weight is 406 g/mol. The van der Waals surface area contributed by atoms with Gasteiger partial charge in [0.05, 0.1) is 43.6 Å². The second-order valence-corrected chi connectivity index (χ2v) is 7.75. The van der Waals surface area contributed by atoms with Crippen molar-refractivity contribution in [3.63, 3.8) is 0 Å². The normalized spacial score (nSPS) is 14.4. The molecule has 1 saturated heterocycles. The van der Waals surface area contributed by atoms with Crippen molar-refractivity contribution in [2.24, 2.45) is 0 Å². The van der Waals surface area contributed by atoms with Crippen LogP contribution in [-0.2, 0) is 14.8 Å². The molecule has 0 spiro atoms. The molecule has 0 aliphatic carbocycles. The summed E-state index contributed by atoms with van der Waals surface area (Å²) in [7, 11) is -1.04. The van der Waals surface area contributed by atoms with Crippen molar-refractivity contribution < 1.29 is 27.4 Å². The predicted molar refractivity (Wildman–Crippen MR) is 104 cm³/mol. The Morgan fingerprint density at radius 1 is 1.04 bits per heavy atom. The van der Waals surface area contributed by atoms with E-state index in [-0.39, 0.29) is 16.4 Å². The molecular formula is C19H22N2O6S. The maximum absolute atomic E-state index is 12.9. The van der Waals surface area contributed by atoms with Crippen LogP contribution in [0, 0.1) is 0 Å². The molecule has 1 fully saturated rings. The number of nitrogens with zero attached hydrogens (tertiary/aromatic N) is 1. The number of methoxy groups -OCH3 is 2. The number of ether oxygens (including phenoxy) is 3. The van der Waals surface area contributed by atoms with Crippen LogP contribution in [0.5, 0.6) is 11.5 Å². The average Bonchev–Trinajstić information content (AvgIpc) is 2.73. The van der Waals surface area contributed by atoms with Gasteiger partial charge < -0.3 is 19.1 Å². The minimum absolute atomic E-state index is 0.0455. The number of benzene rings is 2. The van der Waals surface area contributed by atoms with E-state index in [1.165, 1.54) is 32.4 Å². The molecule has 1 amide bonds. The third-order valence-corrected chi connectivity index (χ3v) is 5.72. The molecule has 0 radical (unpaired) electrons. The number of nitrogens with one attached hydrogen (secondary N) is 1. The van der Waals surface area contributed by atoms with E-state index in [4.69, 9.17) is 14.2 Å². The quantitative estimate of drug-likeness (QED) is 0.788. The number of hydrogen-bond acceptors (Lipinski definition) is 6. The van der Waals surface area contributed by atoms with E-state index in [9.17, 15) is 13.2 Å². The number of para-hydroxylation sites is 2. The van der Waals surface area contributed by atoms with Crippen molar-refractivity contribution in [1.29, 1.82) is 0 Å². The second kappa shape index (κ2) is 8.49. The van der Waals surface area contributed by atoms with Crippen molar-refractivity contribution in [3.05, 3.63) is 48.0 Å². The number of carbonyl (C=O) groups excluding carboxylic acids is 1. The van der Waals surface area contributed by atoms with Gasteiger partial charge in [0, 0.05) is 13.1 Å². The van der Waals surface area contributed by atoms with Crippen LogP contribution in [0.15, 0.2) is 47.4 Å². The second-order valence-electron chi connectivity index (χ2n) is 6.07. The lowest BCUT2D eigenvalue weighted by Gasteiger charge is -2.27. The molecule has 2 aromatic rings. The summed E-state index contributed by atoms with van der Waals surface area (Å²) in [6.07, 6.45) is 0. The van der Waals surface area contributed by atoms with E-state index in [0.717, 1.165) is 0 Å². The SMILES string of the molecule is COc1ccccc1NS(=O)(=O)c1ccc(OC)c(C(=O)N2CCOCC2)c1. The molecule has 9 heteroatoms. The number of amides is 1. The summed E-state index contributed by atoms with van der Waals surface area (Å²) in [4.78, 5) is 14.4. The van der Waals surface area contributed by atoms with Gasteiger partial charge in [0.1, 0.15) is 11.5 Å². The summed E-state index contributed by atoms with van der Waals surface area (Å²) in [5, 5.41) is 0. The molecule has 2 aromatic carbocycles. The fraction of sp³-hybridized carbons (Fsp3) is 0.316. The van der Waals surface area contributed by atoms with E-state index in [0.29, 0.717) is 43.5 Å². The number of sulfonamides is 1. The first-order chi connectivity index (χ1) is 13.5. The van der Waals surface area contributed by atoms with Crippen molar-refractivity contribution in [2.45, 2.75) is 4.90 Å². The first kappa shape index (κ1) is 20.0. The Morgan fingerprint density at radius 3 is 2.39 bits per heavy atom. The number of rotatable bonds is 6. The molecule has 0 aromatic heterocycles. The van der Waals surface area contributed by atoms with Gasteiger partial charge in [-0.15, -0.1) is 0 Å². The summed E-state index contributed by atoms with van der Waals surface area (Å²) >= 11 is 0. The Labute approximate surface area is 164 Å². The Bertz CT molecular complexity index is 955. The largest absolute Gasteiger partial charge is 0.496 e.